The molecule has 1 aromatic carbocycles. The Bertz CT molecular complexity index is 562. The molecule has 8 heteroatoms. The highest BCUT2D eigenvalue weighted by molar-refractivity contribution is 6.30. The van der Waals surface area contributed by atoms with Crippen LogP contribution in [0, 0.1) is 0 Å². The van der Waals surface area contributed by atoms with Crippen LogP contribution in [0.4, 0.5) is 0 Å². The van der Waals surface area contributed by atoms with E-state index in [4.69, 9.17) is 17.3 Å². The predicted molar refractivity (Wildman–Crippen MR) is 81.8 cm³/mol. The average Bonchev–Trinajstić information content (AvgIpc) is 2.46. The van der Waals surface area contributed by atoms with Crippen molar-refractivity contribution in [1.29, 1.82) is 0 Å². The summed E-state index contributed by atoms with van der Waals surface area (Å²) >= 11 is 5.87. The molecule has 106 valence electrons. The van der Waals surface area contributed by atoms with Gasteiger partial charge in [-0.15, -0.1) is 0 Å². The van der Waals surface area contributed by atoms with E-state index >= 15 is 0 Å². The number of hydrazone groups is 1. The molecule has 1 aliphatic rings. The third-order valence-electron chi connectivity index (χ3n) is 2.69. The second-order valence-electron chi connectivity index (χ2n) is 4.13. The van der Waals surface area contributed by atoms with Crippen molar-refractivity contribution in [1.82, 2.24) is 16.3 Å². The summed E-state index contributed by atoms with van der Waals surface area (Å²) in [6, 6.07) is 7.37. The fourth-order valence-electron chi connectivity index (χ4n) is 1.66. The molecule has 0 fully saturated rings. The van der Waals surface area contributed by atoms with Gasteiger partial charge in [-0.1, -0.05) is 23.7 Å². The van der Waals surface area contributed by atoms with E-state index in [9.17, 15) is 0 Å². The van der Waals surface area contributed by atoms with Crippen LogP contribution in [-0.4, -0.2) is 30.7 Å². The number of rotatable bonds is 1. The summed E-state index contributed by atoms with van der Waals surface area (Å²) in [7, 11) is 1.58. The van der Waals surface area contributed by atoms with Crippen LogP contribution >= 0.6 is 11.6 Å². The molecule has 0 spiro atoms. The van der Waals surface area contributed by atoms with E-state index in [-0.39, 0.29) is 12.0 Å². The topological polar surface area (TPSA) is 99.2 Å². The highest BCUT2D eigenvalue weighted by Gasteiger charge is 2.17. The third-order valence-corrected chi connectivity index (χ3v) is 2.94. The van der Waals surface area contributed by atoms with Crippen LogP contribution in [0.25, 0.3) is 0 Å². The lowest BCUT2D eigenvalue weighted by Crippen LogP contribution is -2.51. The van der Waals surface area contributed by atoms with Crippen molar-refractivity contribution in [3.05, 3.63) is 34.9 Å². The van der Waals surface area contributed by atoms with Gasteiger partial charge < -0.3 is 5.73 Å². The predicted octanol–water partition coefficient (Wildman–Crippen LogP) is 0.431. The molecule has 1 atom stereocenters. The molecule has 0 radical (unpaired) electrons. The van der Waals surface area contributed by atoms with E-state index in [2.05, 4.69) is 31.4 Å². The largest absolute Gasteiger partial charge is 0.369 e. The molecular formula is C12H16ClN7. The van der Waals surface area contributed by atoms with E-state index in [0.717, 1.165) is 11.3 Å². The van der Waals surface area contributed by atoms with Gasteiger partial charge in [0.15, 0.2) is 0 Å². The smallest absolute Gasteiger partial charge is 0.231 e. The number of benzene rings is 1. The highest BCUT2D eigenvalue weighted by atomic mass is 35.5. The molecule has 1 heterocycles. The second-order valence-corrected chi connectivity index (χ2v) is 4.56. The maximum Gasteiger partial charge on any atom is 0.231 e. The zero-order valence-electron chi connectivity index (χ0n) is 11.2. The van der Waals surface area contributed by atoms with Gasteiger partial charge in [-0.05, 0) is 19.1 Å². The summed E-state index contributed by atoms with van der Waals surface area (Å²) in [5.74, 6) is 0.733. The van der Waals surface area contributed by atoms with Crippen LogP contribution in [0.2, 0.25) is 5.02 Å². The van der Waals surface area contributed by atoms with Gasteiger partial charge >= 0.3 is 0 Å². The summed E-state index contributed by atoms with van der Waals surface area (Å²) in [5.41, 5.74) is 15.6. The minimum Gasteiger partial charge on any atom is -0.369 e. The first-order valence-electron chi connectivity index (χ1n) is 6.01. The Labute approximate surface area is 122 Å². The molecule has 0 amide bonds. The summed E-state index contributed by atoms with van der Waals surface area (Å²) in [5, 5.41) is 5.00. The van der Waals surface area contributed by atoms with Gasteiger partial charge in [0.05, 0.1) is 11.8 Å². The summed E-state index contributed by atoms with van der Waals surface area (Å²) < 4.78 is 0. The maximum atomic E-state index is 5.87. The molecule has 0 saturated heterocycles. The van der Waals surface area contributed by atoms with Crippen molar-refractivity contribution in [3.8, 4) is 0 Å². The molecule has 1 aliphatic heterocycles. The fourth-order valence-corrected chi connectivity index (χ4v) is 1.78. The van der Waals surface area contributed by atoms with Crippen molar-refractivity contribution in [2.24, 2.45) is 20.8 Å². The Morgan fingerprint density at radius 2 is 2.10 bits per heavy atom. The van der Waals surface area contributed by atoms with Gasteiger partial charge in [0.25, 0.3) is 0 Å². The lowest BCUT2D eigenvalue weighted by molar-refractivity contribution is 0.757. The van der Waals surface area contributed by atoms with E-state index in [1.165, 1.54) is 0 Å². The Morgan fingerprint density at radius 1 is 1.40 bits per heavy atom. The molecule has 0 bridgehead atoms. The number of hydrogen-bond acceptors (Lipinski definition) is 5. The SMILES string of the molecule is CN=C(N)NNC1=NC(C)C(c2ccc(Cl)cc2)=NN1. The summed E-state index contributed by atoms with van der Waals surface area (Å²) in [4.78, 5) is 8.18. The number of hydrazine groups is 1. The molecule has 0 aromatic heterocycles. The number of aliphatic imine (C=N–C) groups is 2. The molecule has 1 aromatic rings. The van der Waals surface area contributed by atoms with Gasteiger partial charge in [0.2, 0.25) is 11.9 Å². The van der Waals surface area contributed by atoms with Crippen molar-refractivity contribution in [2.75, 3.05) is 7.05 Å². The molecule has 2 rings (SSSR count). The monoisotopic (exact) mass is 293 g/mol. The second kappa shape index (κ2) is 6.25. The van der Waals surface area contributed by atoms with Gasteiger partial charge in [0.1, 0.15) is 0 Å². The van der Waals surface area contributed by atoms with Crippen molar-refractivity contribution < 1.29 is 0 Å². The van der Waals surface area contributed by atoms with E-state index in [1.807, 2.05) is 31.2 Å². The number of hydrogen-bond donors (Lipinski definition) is 4. The molecule has 5 N–H and O–H groups in total. The first kappa shape index (κ1) is 14.1. The van der Waals surface area contributed by atoms with Gasteiger partial charge in [-0.3, -0.25) is 15.8 Å². The third kappa shape index (κ3) is 3.39. The number of nitrogens with two attached hydrogens (primary N) is 1. The number of halogens is 1. The van der Waals surface area contributed by atoms with Crippen LogP contribution in [-0.2, 0) is 0 Å². The van der Waals surface area contributed by atoms with Crippen LogP contribution < -0.4 is 22.0 Å². The Kier molecular flexibility index (Phi) is 4.41. The van der Waals surface area contributed by atoms with Gasteiger partial charge in [0, 0.05) is 17.6 Å². The number of guanidine groups is 2. The molecule has 7 nitrogen and oxygen atoms in total. The van der Waals surface area contributed by atoms with Crippen LogP contribution in [0.3, 0.4) is 0 Å². The Morgan fingerprint density at radius 3 is 2.70 bits per heavy atom. The highest BCUT2D eigenvalue weighted by Crippen LogP contribution is 2.14. The summed E-state index contributed by atoms with van der Waals surface area (Å²) in [6.07, 6.45) is 0. The van der Waals surface area contributed by atoms with E-state index < -0.39 is 0 Å². The standard InChI is InChI=1S/C12H16ClN7/c1-7-10(8-3-5-9(13)6-4-8)17-19-12(16-7)20-18-11(14)15-2/h3-7H,1-2H3,(H3,14,15,18)(H2,16,19,20). The van der Waals surface area contributed by atoms with Crippen LogP contribution in [0.1, 0.15) is 12.5 Å². The first-order valence-corrected chi connectivity index (χ1v) is 6.39. The lowest BCUT2D eigenvalue weighted by atomic mass is 10.0. The molecule has 20 heavy (non-hydrogen) atoms. The summed E-state index contributed by atoms with van der Waals surface area (Å²) in [6.45, 7) is 1.95. The van der Waals surface area contributed by atoms with E-state index in [0.29, 0.717) is 11.0 Å². The maximum absolute atomic E-state index is 5.87. The zero-order chi connectivity index (χ0) is 14.5. The van der Waals surface area contributed by atoms with E-state index in [1.54, 1.807) is 7.05 Å². The Balaban J connectivity index is 2.04. The molecular weight excluding hydrogens is 278 g/mol. The van der Waals surface area contributed by atoms with Gasteiger partial charge in [-0.25, -0.2) is 10.4 Å². The average molecular weight is 294 g/mol. The van der Waals surface area contributed by atoms with Crippen molar-refractivity contribution >= 4 is 29.2 Å². The first-order chi connectivity index (χ1) is 9.60. The minimum atomic E-state index is -0.0958. The molecule has 0 aliphatic carbocycles. The van der Waals surface area contributed by atoms with Crippen molar-refractivity contribution in [3.63, 3.8) is 0 Å². The lowest BCUT2D eigenvalue weighted by Gasteiger charge is -2.20. The number of nitrogens with zero attached hydrogens (tertiary/aromatic N) is 3. The minimum absolute atomic E-state index is 0.0958. The normalized spacial score (nSPS) is 18.8. The van der Waals surface area contributed by atoms with Gasteiger partial charge in [-0.2, -0.15) is 5.10 Å². The Hall–Kier alpha value is -2.28. The number of nitrogens with one attached hydrogen (secondary N) is 3. The molecule has 1 unspecified atom stereocenters. The van der Waals surface area contributed by atoms with Crippen LogP contribution in [0.5, 0.6) is 0 Å². The van der Waals surface area contributed by atoms with Crippen LogP contribution in [0.15, 0.2) is 39.4 Å². The zero-order valence-corrected chi connectivity index (χ0v) is 11.9. The van der Waals surface area contributed by atoms with Crippen molar-refractivity contribution in [2.45, 2.75) is 13.0 Å². The fraction of sp³-hybridized carbons (Fsp3) is 0.250. The quantitative estimate of drug-likeness (QED) is 0.343. The molecule has 0 saturated carbocycles.